The zero-order valence-corrected chi connectivity index (χ0v) is 38.5. The SMILES string of the molecule is CCCCCCCCCCCCCCCCOC[C@H](CNC(=O)C(=O)CCCCCCCCCCCCCC)OCCCCCCCCCCCCCCCC. The summed E-state index contributed by atoms with van der Waals surface area (Å²) in [7, 11) is 0. The summed E-state index contributed by atoms with van der Waals surface area (Å²) in [6, 6.07) is 0. The van der Waals surface area contributed by atoms with Gasteiger partial charge in [0.1, 0.15) is 0 Å². The van der Waals surface area contributed by atoms with Gasteiger partial charge in [-0.1, -0.05) is 258 Å². The van der Waals surface area contributed by atoms with Crippen LogP contribution in [0.4, 0.5) is 0 Å². The number of hydrogen-bond donors (Lipinski definition) is 1. The van der Waals surface area contributed by atoms with Crippen molar-refractivity contribution in [1.29, 1.82) is 0 Å². The standard InChI is InChI=1S/C51H101NO4/c1-4-7-10-13-16-19-22-25-27-30-33-36-39-42-45-55-48-49(56-46-43-40-37-34-31-28-26-23-20-17-14-11-8-5-2)47-52-51(54)50(53)44-41-38-35-32-29-24-21-18-15-12-9-6-3/h49H,4-48H2,1-3H3,(H,52,54)/t49-/m0/s1. The third-order valence-electron chi connectivity index (χ3n) is 11.8. The molecule has 1 N–H and O–H groups in total. The molecule has 0 heterocycles. The molecule has 1 amide bonds. The van der Waals surface area contributed by atoms with E-state index in [9.17, 15) is 9.59 Å². The number of amides is 1. The second kappa shape index (κ2) is 48.4. The van der Waals surface area contributed by atoms with Crippen LogP contribution < -0.4 is 5.32 Å². The lowest BCUT2D eigenvalue weighted by Crippen LogP contribution is -2.39. The number of unbranched alkanes of at least 4 members (excludes halogenated alkanes) is 37. The molecule has 0 aromatic rings. The Hall–Kier alpha value is -0.940. The first-order valence-corrected chi connectivity index (χ1v) is 25.7. The van der Waals surface area contributed by atoms with Gasteiger partial charge in [-0.15, -0.1) is 0 Å². The zero-order chi connectivity index (χ0) is 40.7. The maximum atomic E-state index is 12.7. The van der Waals surface area contributed by atoms with Crippen LogP contribution >= 0.6 is 0 Å². The number of ether oxygens (including phenoxy) is 2. The van der Waals surface area contributed by atoms with Gasteiger partial charge in [0, 0.05) is 26.2 Å². The first kappa shape index (κ1) is 55.1. The Bertz CT molecular complexity index is 773. The summed E-state index contributed by atoms with van der Waals surface area (Å²) in [6.07, 6.45) is 52.9. The number of rotatable bonds is 49. The van der Waals surface area contributed by atoms with E-state index in [4.69, 9.17) is 9.47 Å². The Labute approximate surface area is 351 Å². The van der Waals surface area contributed by atoms with Crippen LogP contribution in [-0.2, 0) is 19.1 Å². The first-order valence-electron chi connectivity index (χ1n) is 25.7. The normalized spacial score (nSPS) is 12.1. The number of ketones is 1. The lowest BCUT2D eigenvalue weighted by Gasteiger charge is -2.19. The highest BCUT2D eigenvalue weighted by molar-refractivity contribution is 6.36. The Morgan fingerprint density at radius 1 is 0.375 bits per heavy atom. The van der Waals surface area contributed by atoms with E-state index in [-0.39, 0.29) is 11.9 Å². The predicted octanol–water partition coefficient (Wildman–Crippen LogP) is 16.1. The Morgan fingerprint density at radius 2 is 0.661 bits per heavy atom. The minimum Gasteiger partial charge on any atom is -0.379 e. The van der Waals surface area contributed by atoms with E-state index in [1.54, 1.807) is 0 Å². The highest BCUT2D eigenvalue weighted by atomic mass is 16.5. The van der Waals surface area contributed by atoms with Crippen LogP contribution in [0.2, 0.25) is 0 Å². The summed E-state index contributed by atoms with van der Waals surface area (Å²) in [5.74, 6) is -0.740. The van der Waals surface area contributed by atoms with Crippen LogP contribution in [0, 0.1) is 0 Å². The van der Waals surface area contributed by atoms with Crippen molar-refractivity contribution in [2.24, 2.45) is 0 Å². The molecular formula is C51H101NO4. The van der Waals surface area contributed by atoms with Crippen molar-refractivity contribution in [2.75, 3.05) is 26.4 Å². The van der Waals surface area contributed by atoms with Crippen molar-refractivity contribution >= 4 is 11.7 Å². The van der Waals surface area contributed by atoms with Crippen molar-refractivity contribution in [3.8, 4) is 0 Å². The molecule has 0 aliphatic carbocycles. The molecule has 0 aromatic carbocycles. The maximum absolute atomic E-state index is 12.7. The van der Waals surface area contributed by atoms with Gasteiger partial charge in [0.15, 0.2) is 0 Å². The molecule has 0 rings (SSSR count). The number of Topliss-reactive ketones (excluding diaryl/α,β-unsaturated/α-hetero) is 1. The highest BCUT2D eigenvalue weighted by Gasteiger charge is 2.16. The quantitative estimate of drug-likeness (QED) is 0.0492. The molecule has 0 fully saturated rings. The molecule has 5 nitrogen and oxygen atoms in total. The molecule has 0 aromatic heterocycles. The fourth-order valence-electron chi connectivity index (χ4n) is 7.87. The Balaban J connectivity index is 4.18. The monoisotopic (exact) mass is 792 g/mol. The summed E-state index contributed by atoms with van der Waals surface area (Å²) in [5, 5.41) is 2.89. The van der Waals surface area contributed by atoms with E-state index >= 15 is 0 Å². The fourth-order valence-corrected chi connectivity index (χ4v) is 7.87. The van der Waals surface area contributed by atoms with Crippen molar-refractivity contribution in [2.45, 2.75) is 290 Å². The Morgan fingerprint density at radius 3 is 1.00 bits per heavy atom. The molecule has 1 atom stereocenters. The van der Waals surface area contributed by atoms with E-state index in [1.165, 1.54) is 225 Å². The minimum absolute atomic E-state index is 0.202. The first-order chi connectivity index (χ1) is 27.7. The molecule has 334 valence electrons. The molecule has 56 heavy (non-hydrogen) atoms. The second-order valence-electron chi connectivity index (χ2n) is 17.5. The van der Waals surface area contributed by atoms with E-state index < -0.39 is 5.91 Å². The van der Waals surface area contributed by atoms with Crippen molar-refractivity contribution in [3.05, 3.63) is 0 Å². The zero-order valence-electron chi connectivity index (χ0n) is 38.5. The molecule has 0 bridgehead atoms. The topological polar surface area (TPSA) is 64.6 Å². The number of carbonyl (C=O) groups excluding carboxylic acids is 2. The van der Waals surface area contributed by atoms with Crippen molar-refractivity contribution in [1.82, 2.24) is 5.32 Å². The lowest BCUT2D eigenvalue weighted by atomic mass is 10.0. The van der Waals surface area contributed by atoms with Crippen LogP contribution in [0.15, 0.2) is 0 Å². The molecule has 0 unspecified atom stereocenters. The third kappa shape index (κ3) is 44.2. The predicted molar refractivity (Wildman–Crippen MR) is 245 cm³/mol. The van der Waals surface area contributed by atoms with Gasteiger partial charge in [-0.05, 0) is 19.3 Å². The minimum atomic E-state index is -0.454. The van der Waals surface area contributed by atoms with Crippen LogP contribution in [-0.4, -0.2) is 44.2 Å². The Kier molecular flexibility index (Phi) is 47.6. The summed E-state index contributed by atoms with van der Waals surface area (Å²) in [6.45, 7) is 9.10. The number of hydrogen-bond acceptors (Lipinski definition) is 4. The summed E-state index contributed by atoms with van der Waals surface area (Å²) in [5.41, 5.74) is 0. The van der Waals surface area contributed by atoms with Gasteiger partial charge in [-0.2, -0.15) is 0 Å². The summed E-state index contributed by atoms with van der Waals surface area (Å²) < 4.78 is 12.3. The van der Waals surface area contributed by atoms with E-state index in [0.717, 1.165) is 38.7 Å². The van der Waals surface area contributed by atoms with Gasteiger partial charge >= 0.3 is 0 Å². The summed E-state index contributed by atoms with van der Waals surface area (Å²) >= 11 is 0. The van der Waals surface area contributed by atoms with Crippen LogP contribution in [0.5, 0.6) is 0 Å². The van der Waals surface area contributed by atoms with Crippen LogP contribution in [0.25, 0.3) is 0 Å². The lowest BCUT2D eigenvalue weighted by molar-refractivity contribution is -0.138. The molecule has 5 heteroatoms. The fraction of sp³-hybridized carbons (Fsp3) is 0.961. The van der Waals surface area contributed by atoms with Gasteiger partial charge in [-0.3, -0.25) is 9.59 Å². The molecular weight excluding hydrogens is 691 g/mol. The largest absolute Gasteiger partial charge is 0.379 e. The van der Waals surface area contributed by atoms with Gasteiger partial charge in [0.25, 0.3) is 5.91 Å². The average Bonchev–Trinajstić information content (AvgIpc) is 3.20. The van der Waals surface area contributed by atoms with Crippen LogP contribution in [0.3, 0.4) is 0 Å². The molecule has 0 saturated carbocycles. The van der Waals surface area contributed by atoms with E-state index in [0.29, 0.717) is 26.2 Å². The molecule has 0 saturated heterocycles. The second-order valence-corrected chi connectivity index (χ2v) is 17.5. The van der Waals surface area contributed by atoms with E-state index in [1.807, 2.05) is 0 Å². The smallest absolute Gasteiger partial charge is 0.287 e. The van der Waals surface area contributed by atoms with Crippen molar-refractivity contribution in [3.63, 3.8) is 0 Å². The number of carbonyl (C=O) groups is 2. The molecule has 0 spiro atoms. The molecule has 0 aliphatic rings. The maximum Gasteiger partial charge on any atom is 0.287 e. The van der Waals surface area contributed by atoms with Gasteiger partial charge in [0.05, 0.1) is 12.7 Å². The van der Waals surface area contributed by atoms with Crippen molar-refractivity contribution < 1.29 is 19.1 Å². The van der Waals surface area contributed by atoms with Gasteiger partial charge in [-0.25, -0.2) is 0 Å². The third-order valence-corrected chi connectivity index (χ3v) is 11.8. The number of nitrogens with one attached hydrogen (secondary N) is 1. The van der Waals surface area contributed by atoms with Gasteiger partial charge < -0.3 is 14.8 Å². The molecule has 0 radical (unpaired) electrons. The van der Waals surface area contributed by atoms with E-state index in [2.05, 4.69) is 26.1 Å². The highest BCUT2D eigenvalue weighted by Crippen LogP contribution is 2.16. The van der Waals surface area contributed by atoms with Crippen LogP contribution in [0.1, 0.15) is 284 Å². The molecule has 0 aliphatic heterocycles. The average molecular weight is 792 g/mol. The van der Waals surface area contributed by atoms with Gasteiger partial charge in [0.2, 0.25) is 5.78 Å². The summed E-state index contributed by atoms with van der Waals surface area (Å²) in [4.78, 5) is 25.2.